The van der Waals surface area contributed by atoms with Crippen molar-refractivity contribution in [3.63, 3.8) is 0 Å². The highest BCUT2D eigenvalue weighted by molar-refractivity contribution is 14.1. The average molecular weight is 387 g/mol. The molecule has 1 N–H and O–H groups in total. The van der Waals surface area contributed by atoms with Crippen LogP contribution < -0.4 is 10.3 Å². The maximum atomic E-state index is 12.3. The Morgan fingerprint density at radius 1 is 1.30 bits per heavy atom. The predicted molar refractivity (Wildman–Crippen MR) is 84.6 cm³/mol. The minimum absolute atomic E-state index is 0.0891. The van der Waals surface area contributed by atoms with Crippen molar-refractivity contribution in [3.05, 3.63) is 31.5 Å². The van der Waals surface area contributed by atoms with Crippen molar-refractivity contribution >= 4 is 39.4 Å². The van der Waals surface area contributed by atoms with E-state index >= 15 is 0 Å². The SMILES string of the molecule is Cc1c(O)c(I)cc2c(=O)cc(N3CCOCC3)oc12. The number of hydrogen-bond acceptors (Lipinski definition) is 5. The van der Waals surface area contributed by atoms with E-state index in [4.69, 9.17) is 9.15 Å². The van der Waals surface area contributed by atoms with E-state index in [-0.39, 0.29) is 11.2 Å². The smallest absolute Gasteiger partial charge is 0.200 e. The second-order valence-corrected chi connectivity index (χ2v) is 5.92. The first-order valence-electron chi connectivity index (χ1n) is 6.36. The molecule has 0 atom stereocenters. The molecule has 6 heteroatoms. The average Bonchev–Trinajstić information content (AvgIpc) is 2.47. The van der Waals surface area contributed by atoms with E-state index in [9.17, 15) is 9.90 Å². The maximum absolute atomic E-state index is 12.3. The van der Waals surface area contributed by atoms with Gasteiger partial charge in [0.1, 0.15) is 11.3 Å². The summed E-state index contributed by atoms with van der Waals surface area (Å²) in [5, 5.41) is 10.5. The van der Waals surface area contributed by atoms with Crippen LogP contribution in [0.3, 0.4) is 0 Å². The largest absolute Gasteiger partial charge is 0.506 e. The van der Waals surface area contributed by atoms with Gasteiger partial charge in [0.15, 0.2) is 11.3 Å². The molecule has 0 spiro atoms. The van der Waals surface area contributed by atoms with Gasteiger partial charge in [-0.2, -0.15) is 0 Å². The van der Waals surface area contributed by atoms with E-state index < -0.39 is 0 Å². The van der Waals surface area contributed by atoms with Gasteiger partial charge in [-0.25, -0.2) is 0 Å². The van der Waals surface area contributed by atoms with Crippen molar-refractivity contribution in [1.29, 1.82) is 0 Å². The Bertz CT molecular complexity index is 719. The van der Waals surface area contributed by atoms with E-state index in [2.05, 4.69) is 0 Å². The number of rotatable bonds is 1. The molecule has 1 aliphatic heterocycles. The number of morpholine rings is 1. The monoisotopic (exact) mass is 387 g/mol. The van der Waals surface area contributed by atoms with E-state index in [0.29, 0.717) is 52.3 Å². The van der Waals surface area contributed by atoms with Crippen LogP contribution in [0, 0.1) is 10.5 Å². The lowest BCUT2D eigenvalue weighted by molar-refractivity contribution is 0.121. The molecule has 3 rings (SSSR count). The van der Waals surface area contributed by atoms with Gasteiger partial charge in [0.2, 0.25) is 0 Å². The Balaban J connectivity index is 2.20. The number of ether oxygens (including phenoxy) is 1. The molecule has 0 bridgehead atoms. The lowest BCUT2D eigenvalue weighted by Crippen LogP contribution is -2.36. The number of fused-ring (bicyclic) bond motifs is 1. The van der Waals surface area contributed by atoms with Crippen molar-refractivity contribution in [1.82, 2.24) is 0 Å². The molecule has 1 fully saturated rings. The Labute approximate surface area is 129 Å². The Morgan fingerprint density at radius 2 is 2.00 bits per heavy atom. The fourth-order valence-electron chi connectivity index (χ4n) is 2.33. The first-order valence-corrected chi connectivity index (χ1v) is 7.44. The summed E-state index contributed by atoms with van der Waals surface area (Å²) < 4.78 is 11.8. The lowest BCUT2D eigenvalue weighted by Gasteiger charge is -2.27. The molecular formula is C14H14INO4. The number of aryl methyl sites for hydroxylation is 1. The van der Waals surface area contributed by atoms with Gasteiger partial charge in [-0.3, -0.25) is 4.79 Å². The molecule has 2 heterocycles. The number of halogens is 1. The Hall–Kier alpha value is -1.28. The van der Waals surface area contributed by atoms with E-state index in [1.807, 2.05) is 27.5 Å². The minimum atomic E-state index is -0.0891. The zero-order valence-electron chi connectivity index (χ0n) is 11.0. The highest BCUT2D eigenvalue weighted by Crippen LogP contribution is 2.32. The van der Waals surface area contributed by atoms with Crippen LogP contribution in [0.1, 0.15) is 5.56 Å². The molecule has 106 valence electrons. The Morgan fingerprint density at radius 3 is 2.70 bits per heavy atom. The standard InChI is InChI=1S/C14H14INO4/c1-8-13(18)10(15)6-9-11(17)7-12(20-14(8)9)16-2-4-19-5-3-16/h6-7,18H,2-5H2,1H3. The van der Waals surface area contributed by atoms with Crippen LogP contribution in [-0.4, -0.2) is 31.4 Å². The number of phenols is 1. The summed E-state index contributed by atoms with van der Waals surface area (Å²) >= 11 is 2.01. The van der Waals surface area contributed by atoms with Gasteiger partial charge in [0.25, 0.3) is 0 Å². The molecule has 1 aromatic heterocycles. The van der Waals surface area contributed by atoms with Gasteiger partial charge in [-0.05, 0) is 35.6 Å². The van der Waals surface area contributed by atoms with Crippen LogP contribution >= 0.6 is 22.6 Å². The number of benzene rings is 1. The van der Waals surface area contributed by atoms with Crippen molar-refractivity contribution in [3.8, 4) is 5.75 Å². The van der Waals surface area contributed by atoms with Gasteiger partial charge in [-0.1, -0.05) is 0 Å². The van der Waals surface area contributed by atoms with Gasteiger partial charge < -0.3 is 19.2 Å². The molecule has 1 aliphatic rings. The molecule has 2 aromatic rings. The summed E-state index contributed by atoms with van der Waals surface area (Å²) in [5.74, 6) is 0.704. The van der Waals surface area contributed by atoms with E-state index in [1.165, 1.54) is 6.07 Å². The number of phenolic OH excluding ortho intramolecular Hbond substituents is 1. The molecular weight excluding hydrogens is 373 g/mol. The number of aromatic hydroxyl groups is 1. The highest BCUT2D eigenvalue weighted by Gasteiger charge is 2.18. The second-order valence-electron chi connectivity index (χ2n) is 4.76. The van der Waals surface area contributed by atoms with Crippen LogP contribution in [0.25, 0.3) is 11.0 Å². The molecule has 0 amide bonds. The fraction of sp³-hybridized carbons (Fsp3) is 0.357. The van der Waals surface area contributed by atoms with Crippen LogP contribution in [0.15, 0.2) is 21.3 Å². The summed E-state index contributed by atoms with van der Waals surface area (Å²) in [6, 6.07) is 3.17. The topological polar surface area (TPSA) is 62.9 Å². The minimum Gasteiger partial charge on any atom is -0.506 e. The molecule has 5 nitrogen and oxygen atoms in total. The van der Waals surface area contributed by atoms with Crippen molar-refractivity contribution in [2.75, 3.05) is 31.2 Å². The second kappa shape index (κ2) is 5.25. The highest BCUT2D eigenvalue weighted by atomic mass is 127. The maximum Gasteiger partial charge on any atom is 0.200 e. The lowest BCUT2D eigenvalue weighted by atomic mass is 10.1. The summed E-state index contributed by atoms with van der Waals surface area (Å²) in [6.45, 7) is 4.40. The number of hydrogen-bond donors (Lipinski definition) is 1. The van der Waals surface area contributed by atoms with Crippen molar-refractivity contribution < 1.29 is 14.3 Å². The first-order chi connectivity index (χ1) is 9.58. The van der Waals surface area contributed by atoms with Crippen LogP contribution in [0.5, 0.6) is 5.75 Å². The summed E-state index contributed by atoms with van der Waals surface area (Å²) in [4.78, 5) is 14.2. The molecule has 0 aliphatic carbocycles. The fourth-order valence-corrected chi connectivity index (χ4v) is 3.04. The predicted octanol–water partition coefficient (Wildman–Crippen LogP) is 2.25. The zero-order chi connectivity index (χ0) is 14.3. The molecule has 1 saturated heterocycles. The molecule has 20 heavy (non-hydrogen) atoms. The van der Waals surface area contributed by atoms with Gasteiger partial charge in [0.05, 0.1) is 22.2 Å². The van der Waals surface area contributed by atoms with Crippen LogP contribution in [-0.2, 0) is 4.74 Å². The number of nitrogens with zero attached hydrogens (tertiary/aromatic N) is 1. The summed E-state index contributed by atoms with van der Waals surface area (Å²) in [6.07, 6.45) is 0. The summed E-state index contributed by atoms with van der Waals surface area (Å²) in [5.41, 5.74) is 0.963. The van der Waals surface area contributed by atoms with E-state index in [1.54, 1.807) is 13.0 Å². The Kier molecular flexibility index (Phi) is 3.59. The quantitative estimate of drug-likeness (QED) is 0.761. The third kappa shape index (κ3) is 2.26. The van der Waals surface area contributed by atoms with Crippen LogP contribution in [0.4, 0.5) is 5.88 Å². The molecule has 0 unspecified atom stereocenters. The van der Waals surface area contributed by atoms with Gasteiger partial charge in [0, 0.05) is 24.7 Å². The zero-order valence-corrected chi connectivity index (χ0v) is 13.1. The molecule has 0 saturated carbocycles. The molecule has 1 aromatic carbocycles. The number of anilines is 1. The first kappa shape index (κ1) is 13.7. The van der Waals surface area contributed by atoms with Gasteiger partial charge >= 0.3 is 0 Å². The third-order valence-electron chi connectivity index (χ3n) is 3.49. The van der Waals surface area contributed by atoms with Gasteiger partial charge in [-0.15, -0.1) is 0 Å². The van der Waals surface area contributed by atoms with E-state index in [0.717, 1.165) is 0 Å². The summed E-state index contributed by atoms with van der Waals surface area (Å²) in [7, 11) is 0. The van der Waals surface area contributed by atoms with Crippen LogP contribution in [0.2, 0.25) is 0 Å². The third-order valence-corrected chi connectivity index (χ3v) is 4.31. The van der Waals surface area contributed by atoms with Crippen molar-refractivity contribution in [2.24, 2.45) is 0 Å². The van der Waals surface area contributed by atoms with Crippen molar-refractivity contribution in [2.45, 2.75) is 6.92 Å². The molecule has 0 radical (unpaired) electrons. The normalized spacial score (nSPS) is 15.8.